The van der Waals surface area contributed by atoms with E-state index in [2.05, 4.69) is 31.2 Å². The number of fused-ring (bicyclic) bond motifs is 1. The molecule has 2 heteroatoms. The minimum absolute atomic E-state index is 0.0291. The van der Waals surface area contributed by atoms with Crippen molar-refractivity contribution in [1.82, 2.24) is 4.57 Å². The quantitative estimate of drug-likeness (QED) is 0.498. The molecule has 0 bridgehead atoms. The maximum Gasteiger partial charge on any atom is 0.259 e. The van der Waals surface area contributed by atoms with Gasteiger partial charge in [0, 0.05) is 18.0 Å². The molecule has 0 radical (unpaired) electrons. The van der Waals surface area contributed by atoms with E-state index in [-0.39, 0.29) is 5.56 Å². The van der Waals surface area contributed by atoms with Crippen molar-refractivity contribution in [3.8, 4) is 22.3 Å². The van der Waals surface area contributed by atoms with Gasteiger partial charge >= 0.3 is 0 Å². The molecular formula is C23H19NO. The highest BCUT2D eigenvalue weighted by molar-refractivity contribution is 6.02. The van der Waals surface area contributed by atoms with Crippen LogP contribution in [-0.2, 0) is 7.05 Å². The molecule has 0 atom stereocenters. The van der Waals surface area contributed by atoms with E-state index < -0.39 is 0 Å². The van der Waals surface area contributed by atoms with Crippen molar-refractivity contribution in [2.75, 3.05) is 0 Å². The zero-order valence-electron chi connectivity index (χ0n) is 14.4. The highest BCUT2D eigenvalue weighted by Gasteiger charge is 2.17. The first-order chi connectivity index (χ1) is 12.2. The van der Waals surface area contributed by atoms with Crippen LogP contribution in [0.4, 0.5) is 0 Å². The topological polar surface area (TPSA) is 22.0 Å². The van der Waals surface area contributed by atoms with Crippen molar-refractivity contribution in [3.05, 3.63) is 94.8 Å². The van der Waals surface area contributed by atoms with Gasteiger partial charge in [0.15, 0.2) is 0 Å². The molecule has 2 nitrogen and oxygen atoms in total. The Morgan fingerprint density at radius 3 is 2.16 bits per heavy atom. The number of nitrogens with zero attached hydrogens (tertiary/aromatic N) is 1. The number of aromatic nitrogens is 1. The Balaban J connectivity index is 2.22. The van der Waals surface area contributed by atoms with Crippen molar-refractivity contribution in [3.63, 3.8) is 0 Å². The summed E-state index contributed by atoms with van der Waals surface area (Å²) in [6.45, 7) is 2.08. The van der Waals surface area contributed by atoms with Crippen molar-refractivity contribution < 1.29 is 0 Å². The average Bonchev–Trinajstić information content (AvgIpc) is 2.65. The molecule has 0 aliphatic carbocycles. The number of hydrogen-bond donors (Lipinski definition) is 0. The lowest BCUT2D eigenvalue weighted by Crippen LogP contribution is -2.20. The fourth-order valence-corrected chi connectivity index (χ4v) is 3.47. The first kappa shape index (κ1) is 15.4. The number of benzene rings is 3. The van der Waals surface area contributed by atoms with Crippen LogP contribution in [0.3, 0.4) is 0 Å². The van der Waals surface area contributed by atoms with Crippen LogP contribution in [0.5, 0.6) is 0 Å². The molecule has 1 heterocycles. The van der Waals surface area contributed by atoms with Crippen LogP contribution in [0.1, 0.15) is 5.56 Å². The molecule has 4 rings (SSSR count). The summed E-state index contributed by atoms with van der Waals surface area (Å²) in [5.41, 5.74) is 5.95. The monoisotopic (exact) mass is 325 g/mol. The van der Waals surface area contributed by atoms with Gasteiger partial charge in [0.05, 0.1) is 11.1 Å². The summed E-state index contributed by atoms with van der Waals surface area (Å²) < 4.78 is 1.75. The predicted molar refractivity (Wildman–Crippen MR) is 105 cm³/mol. The van der Waals surface area contributed by atoms with Crippen LogP contribution < -0.4 is 5.56 Å². The molecule has 3 aromatic carbocycles. The lowest BCUT2D eigenvalue weighted by atomic mass is 9.91. The Morgan fingerprint density at radius 1 is 0.720 bits per heavy atom. The van der Waals surface area contributed by atoms with Gasteiger partial charge in [0.2, 0.25) is 0 Å². The van der Waals surface area contributed by atoms with Crippen molar-refractivity contribution in [1.29, 1.82) is 0 Å². The van der Waals surface area contributed by atoms with E-state index in [1.54, 1.807) is 4.57 Å². The number of pyridine rings is 1. The molecule has 0 N–H and O–H groups in total. The summed E-state index contributed by atoms with van der Waals surface area (Å²) in [5, 5.41) is 1.09. The minimum Gasteiger partial charge on any atom is -0.311 e. The van der Waals surface area contributed by atoms with E-state index in [0.717, 1.165) is 33.2 Å². The van der Waals surface area contributed by atoms with Crippen molar-refractivity contribution in [2.45, 2.75) is 6.92 Å². The van der Waals surface area contributed by atoms with Crippen LogP contribution in [0, 0.1) is 6.92 Å². The molecule has 4 aromatic rings. The number of rotatable bonds is 2. The van der Waals surface area contributed by atoms with E-state index in [1.807, 2.05) is 61.6 Å². The lowest BCUT2D eigenvalue weighted by Gasteiger charge is -2.16. The summed E-state index contributed by atoms with van der Waals surface area (Å²) in [4.78, 5) is 13.2. The summed E-state index contributed by atoms with van der Waals surface area (Å²) >= 11 is 0. The van der Waals surface area contributed by atoms with Gasteiger partial charge in [-0.25, -0.2) is 0 Å². The highest BCUT2D eigenvalue weighted by Crippen LogP contribution is 2.35. The zero-order chi connectivity index (χ0) is 17.4. The van der Waals surface area contributed by atoms with Crippen LogP contribution in [-0.4, -0.2) is 4.57 Å². The van der Waals surface area contributed by atoms with E-state index in [0.29, 0.717) is 0 Å². The van der Waals surface area contributed by atoms with Gasteiger partial charge in [-0.3, -0.25) is 4.79 Å². The Labute approximate surface area is 147 Å². The van der Waals surface area contributed by atoms with Crippen LogP contribution in [0.2, 0.25) is 0 Å². The smallest absolute Gasteiger partial charge is 0.259 e. The second-order valence-corrected chi connectivity index (χ2v) is 6.37. The van der Waals surface area contributed by atoms with Gasteiger partial charge < -0.3 is 4.57 Å². The number of aryl methyl sites for hydroxylation is 2. The number of hydrogen-bond acceptors (Lipinski definition) is 1. The molecule has 0 spiro atoms. The van der Waals surface area contributed by atoms with Gasteiger partial charge in [0.1, 0.15) is 0 Å². The Morgan fingerprint density at radius 2 is 1.40 bits per heavy atom. The van der Waals surface area contributed by atoms with E-state index in [1.165, 1.54) is 5.56 Å². The molecule has 25 heavy (non-hydrogen) atoms. The Kier molecular flexibility index (Phi) is 3.73. The fraction of sp³-hybridized carbons (Fsp3) is 0.0870. The molecular weight excluding hydrogens is 306 g/mol. The van der Waals surface area contributed by atoms with Gasteiger partial charge in [-0.05, 0) is 24.1 Å². The minimum atomic E-state index is 0.0291. The predicted octanol–water partition coefficient (Wildman–Crippen LogP) is 5.18. The fourth-order valence-electron chi connectivity index (χ4n) is 3.47. The lowest BCUT2D eigenvalue weighted by molar-refractivity contribution is 0.909. The second kappa shape index (κ2) is 6.06. The second-order valence-electron chi connectivity index (χ2n) is 6.37. The van der Waals surface area contributed by atoms with E-state index in [9.17, 15) is 4.79 Å². The van der Waals surface area contributed by atoms with Gasteiger partial charge in [-0.1, -0.05) is 78.4 Å². The third-order valence-electron chi connectivity index (χ3n) is 4.67. The average molecular weight is 325 g/mol. The third-order valence-corrected chi connectivity index (χ3v) is 4.67. The van der Waals surface area contributed by atoms with Crippen molar-refractivity contribution >= 4 is 10.9 Å². The standard InChI is InChI=1S/C23H19NO/c1-16-9-8-12-18(15-16)21-19-13-6-7-14-20(19)24(2)23(25)22(21)17-10-4-3-5-11-17/h3-15H,1-2H3. The molecule has 0 aliphatic rings. The Hall–Kier alpha value is -3.13. The van der Waals surface area contributed by atoms with Crippen molar-refractivity contribution in [2.24, 2.45) is 7.05 Å². The van der Waals surface area contributed by atoms with Gasteiger partial charge in [-0.15, -0.1) is 0 Å². The summed E-state index contributed by atoms with van der Waals surface area (Å²) in [5.74, 6) is 0. The van der Waals surface area contributed by atoms with Crippen LogP contribution in [0.15, 0.2) is 83.7 Å². The van der Waals surface area contributed by atoms with E-state index >= 15 is 0 Å². The molecule has 1 aromatic heterocycles. The zero-order valence-corrected chi connectivity index (χ0v) is 14.4. The van der Waals surface area contributed by atoms with Gasteiger partial charge in [-0.2, -0.15) is 0 Å². The highest BCUT2D eigenvalue weighted by atomic mass is 16.1. The first-order valence-corrected chi connectivity index (χ1v) is 8.41. The SMILES string of the molecule is Cc1cccc(-c2c(-c3ccccc3)c(=O)n(C)c3ccccc23)c1. The summed E-state index contributed by atoms with van der Waals surface area (Å²) in [7, 11) is 1.84. The summed E-state index contributed by atoms with van der Waals surface area (Å²) in [6, 6.07) is 26.4. The van der Waals surface area contributed by atoms with Gasteiger partial charge in [0.25, 0.3) is 5.56 Å². The third kappa shape index (κ3) is 2.56. The maximum absolute atomic E-state index is 13.2. The number of para-hydroxylation sites is 1. The largest absolute Gasteiger partial charge is 0.311 e. The molecule has 0 unspecified atom stereocenters. The molecule has 0 amide bonds. The molecule has 0 aliphatic heterocycles. The molecule has 0 fully saturated rings. The Bertz CT molecular complexity index is 1120. The van der Waals surface area contributed by atoms with Crippen LogP contribution >= 0.6 is 0 Å². The summed E-state index contributed by atoms with van der Waals surface area (Å²) in [6.07, 6.45) is 0. The molecule has 122 valence electrons. The maximum atomic E-state index is 13.2. The molecule has 0 saturated carbocycles. The first-order valence-electron chi connectivity index (χ1n) is 8.41. The van der Waals surface area contributed by atoms with Crippen LogP contribution in [0.25, 0.3) is 33.2 Å². The van der Waals surface area contributed by atoms with E-state index in [4.69, 9.17) is 0 Å². The molecule has 0 saturated heterocycles. The normalized spacial score (nSPS) is 11.0.